The van der Waals surface area contributed by atoms with Gasteiger partial charge in [-0.15, -0.1) is 0 Å². The molecule has 1 N–H and O–H groups in total. The first-order valence-corrected chi connectivity index (χ1v) is 7.01. The molecule has 21 heavy (non-hydrogen) atoms. The molecular formula is C18H19NO2. The van der Waals surface area contributed by atoms with Crippen molar-refractivity contribution in [3.05, 3.63) is 78.4 Å². The van der Waals surface area contributed by atoms with E-state index in [1.165, 1.54) is 6.08 Å². The number of para-hydroxylation sites is 1. The summed E-state index contributed by atoms with van der Waals surface area (Å²) in [6.07, 6.45) is 3.29. The van der Waals surface area contributed by atoms with E-state index in [4.69, 9.17) is 4.74 Å². The fourth-order valence-corrected chi connectivity index (χ4v) is 1.98. The maximum absolute atomic E-state index is 11.5. The molecule has 0 spiro atoms. The summed E-state index contributed by atoms with van der Waals surface area (Å²) in [4.78, 5) is 11.5. The molecule has 0 saturated heterocycles. The molecule has 1 atom stereocenters. The first-order valence-electron chi connectivity index (χ1n) is 7.01. The Morgan fingerprint density at radius 1 is 1.10 bits per heavy atom. The quantitative estimate of drug-likeness (QED) is 0.643. The standard InChI is InChI=1S/C18H19NO2/c1-2-21-18(20)14-13-17(15-9-5-3-6-10-15)19-16-11-7-4-8-12-16/h3-14,17,19H,2H2,1H3/b14-13+/t17-/m0/s1. The van der Waals surface area contributed by atoms with Crippen molar-refractivity contribution in [3.63, 3.8) is 0 Å². The third kappa shape index (κ3) is 4.80. The van der Waals surface area contributed by atoms with Gasteiger partial charge in [0.1, 0.15) is 0 Å². The maximum atomic E-state index is 11.5. The van der Waals surface area contributed by atoms with E-state index >= 15 is 0 Å². The molecule has 0 unspecified atom stereocenters. The van der Waals surface area contributed by atoms with Gasteiger partial charge in [0, 0.05) is 11.8 Å². The average Bonchev–Trinajstić information content (AvgIpc) is 2.53. The van der Waals surface area contributed by atoms with E-state index in [1.807, 2.05) is 66.7 Å². The SMILES string of the molecule is CCOC(=O)/C=C/[C@H](Nc1ccccc1)c1ccccc1. The first kappa shape index (κ1) is 14.9. The normalized spacial score (nSPS) is 12.0. The van der Waals surface area contributed by atoms with Crippen LogP contribution in [0.3, 0.4) is 0 Å². The van der Waals surface area contributed by atoms with Gasteiger partial charge in [-0.05, 0) is 24.6 Å². The summed E-state index contributed by atoms with van der Waals surface area (Å²) in [5.41, 5.74) is 2.08. The molecule has 0 aliphatic rings. The molecule has 0 aliphatic carbocycles. The van der Waals surface area contributed by atoms with Crippen LogP contribution >= 0.6 is 0 Å². The number of hydrogen-bond donors (Lipinski definition) is 1. The van der Waals surface area contributed by atoms with Crippen molar-refractivity contribution in [1.82, 2.24) is 0 Å². The number of ether oxygens (including phenoxy) is 1. The number of esters is 1. The van der Waals surface area contributed by atoms with Crippen molar-refractivity contribution in [2.75, 3.05) is 11.9 Å². The molecule has 3 nitrogen and oxygen atoms in total. The van der Waals surface area contributed by atoms with Crippen LogP contribution in [0.15, 0.2) is 72.8 Å². The van der Waals surface area contributed by atoms with Crippen LogP contribution in [0.5, 0.6) is 0 Å². The van der Waals surface area contributed by atoms with Crippen LogP contribution in [-0.2, 0) is 9.53 Å². The minimum atomic E-state index is -0.326. The van der Waals surface area contributed by atoms with Crippen molar-refractivity contribution in [2.45, 2.75) is 13.0 Å². The molecule has 0 aromatic heterocycles. The predicted octanol–water partition coefficient (Wildman–Crippen LogP) is 3.96. The average molecular weight is 281 g/mol. The Kier molecular flexibility index (Phi) is 5.59. The highest BCUT2D eigenvalue weighted by molar-refractivity contribution is 5.82. The molecule has 0 amide bonds. The largest absolute Gasteiger partial charge is 0.463 e. The zero-order chi connectivity index (χ0) is 14.9. The van der Waals surface area contributed by atoms with E-state index in [9.17, 15) is 4.79 Å². The smallest absolute Gasteiger partial charge is 0.330 e. The van der Waals surface area contributed by atoms with E-state index < -0.39 is 0 Å². The molecule has 2 aromatic carbocycles. The first-order chi connectivity index (χ1) is 10.3. The molecular weight excluding hydrogens is 262 g/mol. The highest BCUT2D eigenvalue weighted by Gasteiger charge is 2.08. The number of benzene rings is 2. The molecule has 2 rings (SSSR count). The Hall–Kier alpha value is -2.55. The molecule has 0 fully saturated rings. The van der Waals surface area contributed by atoms with E-state index in [-0.39, 0.29) is 12.0 Å². The Labute approximate surface area is 125 Å². The highest BCUT2D eigenvalue weighted by atomic mass is 16.5. The van der Waals surface area contributed by atoms with Crippen LogP contribution in [0, 0.1) is 0 Å². The zero-order valence-corrected chi connectivity index (χ0v) is 12.0. The van der Waals surface area contributed by atoms with Gasteiger partial charge in [0.15, 0.2) is 0 Å². The van der Waals surface area contributed by atoms with Crippen molar-refractivity contribution in [1.29, 1.82) is 0 Å². The topological polar surface area (TPSA) is 38.3 Å². The van der Waals surface area contributed by atoms with Crippen molar-refractivity contribution < 1.29 is 9.53 Å². The molecule has 3 heteroatoms. The summed E-state index contributed by atoms with van der Waals surface area (Å²) < 4.78 is 4.92. The maximum Gasteiger partial charge on any atom is 0.330 e. The van der Waals surface area contributed by atoms with E-state index in [0.29, 0.717) is 6.61 Å². The van der Waals surface area contributed by atoms with Gasteiger partial charge in [0.2, 0.25) is 0 Å². The minimum absolute atomic E-state index is 0.0852. The summed E-state index contributed by atoms with van der Waals surface area (Å²) in [5, 5.41) is 3.40. The van der Waals surface area contributed by atoms with Crippen LogP contribution in [0.1, 0.15) is 18.5 Å². The molecule has 108 valence electrons. The lowest BCUT2D eigenvalue weighted by Crippen LogP contribution is -2.09. The van der Waals surface area contributed by atoms with Gasteiger partial charge in [0.25, 0.3) is 0 Å². The Balaban J connectivity index is 2.17. The highest BCUT2D eigenvalue weighted by Crippen LogP contribution is 2.20. The van der Waals surface area contributed by atoms with Gasteiger partial charge in [0.05, 0.1) is 12.6 Å². The van der Waals surface area contributed by atoms with Crippen LogP contribution < -0.4 is 5.32 Å². The van der Waals surface area contributed by atoms with Gasteiger partial charge in [-0.1, -0.05) is 54.6 Å². The van der Waals surface area contributed by atoms with Gasteiger partial charge < -0.3 is 10.1 Å². The number of carbonyl (C=O) groups excluding carboxylic acids is 1. The Bertz CT molecular complexity index is 579. The van der Waals surface area contributed by atoms with Gasteiger partial charge in [-0.25, -0.2) is 4.79 Å². The molecule has 0 radical (unpaired) electrons. The van der Waals surface area contributed by atoms with E-state index in [1.54, 1.807) is 6.92 Å². The number of carbonyl (C=O) groups is 1. The fraction of sp³-hybridized carbons (Fsp3) is 0.167. The van der Waals surface area contributed by atoms with Crippen LogP contribution in [0.25, 0.3) is 0 Å². The summed E-state index contributed by atoms with van der Waals surface area (Å²) in [7, 11) is 0. The van der Waals surface area contributed by atoms with Crippen LogP contribution in [-0.4, -0.2) is 12.6 Å². The summed E-state index contributed by atoms with van der Waals surface area (Å²) in [6, 6.07) is 19.8. The fourth-order valence-electron chi connectivity index (χ4n) is 1.98. The van der Waals surface area contributed by atoms with E-state index in [0.717, 1.165) is 11.3 Å². The van der Waals surface area contributed by atoms with Gasteiger partial charge >= 0.3 is 5.97 Å². The summed E-state index contributed by atoms with van der Waals surface area (Å²) >= 11 is 0. The minimum Gasteiger partial charge on any atom is -0.463 e. The summed E-state index contributed by atoms with van der Waals surface area (Å²) in [6.45, 7) is 2.17. The zero-order valence-electron chi connectivity index (χ0n) is 12.0. The van der Waals surface area contributed by atoms with Gasteiger partial charge in [-0.3, -0.25) is 0 Å². The lowest BCUT2D eigenvalue weighted by molar-refractivity contribution is -0.137. The van der Waals surface area contributed by atoms with Crippen LogP contribution in [0.2, 0.25) is 0 Å². The third-order valence-electron chi connectivity index (χ3n) is 2.97. The molecule has 0 bridgehead atoms. The summed E-state index contributed by atoms with van der Waals surface area (Å²) in [5.74, 6) is -0.326. The lowest BCUT2D eigenvalue weighted by atomic mass is 10.1. The predicted molar refractivity (Wildman–Crippen MR) is 85.0 cm³/mol. The number of anilines is 1. The van der Waals surface area contributed by atoms with Crippen LogP contribution in [0.4, 0.5) is 5.69 Å². The van der Waals surface area contributed by atoms with Crippen molar-refractivity contribution in [3.8, 4) is 0 Å². The molecule has 0 saturated carbocycles. The Morgan fingerprint density at radius 2 is 1.71 bits per heavy atom. The second-order valence-electron chi connectivity index (χ2n) is 4.51. The lowest BCUT2D eigenvalue weighted by Gasteiger charge is -2.17. The molecule has 0 heterocycles. The van der Waals surface area contributed by atoms with Crippen molar-refractivity contribution in [2.24, 2.45) is 0 Å². The second-order valence-corrected chi connectivity index (χ2v) is 4.51. The number of nitrogens with one attached hydrogen (secondary N) is 1. The number of hydrogen-bond acceptors (Lipinski definition) is 3. The monoisotopic (exact) mass is 281 g/mol. The van der Waals surface area contributed by atoms with E-state index in [2.05, 4.69) is 5.32 Å². The number of rotatable bonds is 6. The van der Waals surface area contributed by atoms with Gasteiger partial charge in [-0.2, -0.15) is 0 Å². The van der Waals surface area contributed by atoms with Crippen molar-refractivity contribution >= 4 is 11.7 Å². The second kappa shape index (κ2) is 7.90. The molecule has 2 aromatic rings. The third-order valence-corrected chi connectivity index (χ3v) is 2.97. The Morgan fingerprint density at radius 3 is 2.33 bits per heavy atom. The molecule has 0 aliphatic heterocycles.